The summed E-state index contributed by atoms with van der Waals surface area (Å²) in [4.78, 5) is 8.31. The van der Waals surface area contributed by atoms with Crippen LogP contribution in [0.25, 0.3) is 0 Å². The van der Waals surface area contributed by atoms with Crippen LogP contribution in [0.2, 0.25) is 0 Å². The molecule has 0 aromatic carbocycles. The molecule has 1 aliphatic carbocycles. The van der Waals surface area contributed by atoms with E-state index in [9.17, 15) is 0 Å². The second-order valence-corrected chi connectivity index (χ2v) is 4.44. The van der Waals surface area contributed by atoms with Crippen LogP contribution < -0.4 is 5.32 Å². The van der Waals surface area contributed by atoms with Gasteiger partial charge in [-0.2, -0.15) is 0 Å². The van der Waals surface area contributed by atoms with Crippen LogP contribution in [0.15, 0.2) is 12.4 Å². The predicted octanol–water partition coefficient (Wildman–Crippen LogP) is 2.53. The molecule has 0 spiro atoms. The first-order valence-corrected chi connectivity index (χ1v) is 5.25. The molecule has 3 heteroatoms. The second-order valence-electron chi connectivity index (χ2n) is 4.44. The van der Waals surface area contributed by atoms with E-state index in [-0.39, 0.29) is 5.54 Å². The monoisotopic (exact) mass is 191 g/mol. The standard InChI is InChI=1S/C11H17N3/c1-9-7-10(13-8-12-9)14-11(2)5-3-4-6-11/h7-8H,3-6H2,1-2H3,(H,12,13,14). The number of aryl methyl sites for hydroxylation is 1. The zero-order chi connectivity index (χ0) is 10.0. The zero-order valence-electron chi connectivity index (χ0n) is 8.88. The Hall–Kier alpha value is -1.12. The van der Waals surface area contributed by atoms with Crippen LogP contribution in [0.3, 0.4) is 0 Å². The van der Waals surface area contributed by atoms with Gasteiger partial charge in [0.25, 0.3) is 0 Å². The zero-order valence-corrected chi connectivity index (χ0v) is 8.88. The molecule has 1 aliphatic rings. The Morgan fingerprint density at radius 2 is 2.00 bits per heavy atom. The highest BCUT2D eigenvalue weighted by Gasteiger charge is 2.28. The van der Waals surface area contributed by atoms with Gasteiger partial charge < -0.3 is 5.32 Å². The summed E-state index contributed by atoms with van der Waals surface area (Å²) in [5.41, 5.74) is 1.27. The molecule has 76 valence electrons. The third kappa shape index (κ3) is 2.03. The topological polar surface area (TPSA) is 37.8 Å². The summed E-state index contributed by atoms with van der Waals surface area (Å²) in [7, 11) is 0. The van der Waals surface area contributed by atoms with Crippen molar-refractivity contribution in [3.05, 3.63) is 18.1 Å². The van der Waals surface area contributed by atoms with Gasteiger partial charge in [0.15, 0.2) is 0 Å². The second kappa shape index (κ2) is 3.56. The number of hydrogen-bond acceptors (Lipinski definition) is 3. The molecule has 0 radical (unpaired) electrons. The lowest BCUT2D eigenvalue weighted by Gasteiger charge is -2.25. The molecule has 1 N–H and O–H groups in total. The third-order valence-corrected chi connectivity index (χ3v) is 2.94. The van der Waals surface area contributed by atoms with Gasteiger partial charge in [0, 0.05) is 17.3 Å². The molecular formula is C11H17N3. The first-order chi connectivity index (χ1) is 6.68. The van der Waals surface area contributed by atoms with Gasteiger partial charge in [-0.1, -0.05) is 12.8 Å². The van der Waals surface area contributed by atoms with Crippen molar-refractivity contribution >= 4 is 5.82 Å². The van der Waals surface area contributed by atoms with E-state index in [2.05, 4.69) is 22.2 Å². The molecule has 1 aromatic rings. The van der Waals surface area contributed by atoms with Crippen molar-refractivity contribution in [2.24, 2.45) is 0 Å². The van der Waals surface area contributed by atoms with E-state index >= 15 is 0 Å². The summed E-state index contributed by atoms with van der Waals surface area (Å²) >= 11 is 0. The number of anilines is 1. The van der Waals surface area contributed by atoms with Crippen molar-refractivity contribution in [1.82, 2.24) is 9.97 Å². The average Bonchev–Trinajstić information content (AvgIpc) is 2.51. The van der Waals surface area contributed by atoms with E-state index in [1.165, 1.54) is 25.7 Å². The number of rotatable bonds is 2. The van der Waals surface area contributed by atoms with Crippen LogP contribution in [0, 0.1) is 6.92 Å². The molecule has 0 aliphatic heterocycles. The van der Waals surface area contributed by atoms with Gasteiger partial charge in [0.2, 0.25) is 0 Å². The Bertz CT molecular complexity index is 316. The van der Waals surface area contributed by atoms with Crippen LogP contribution in [-0.2, 0) is 0 Å². The van der Waals surface area contributed by atoms with E-state index in [1.54, 1.807) is 6.33 Å². The molecule has 1 aromatic heterocycles. The Labute approximate surface area is 85.0 Å². The van der Waals surface area contributed by atoms with Crippen LogP contribution in [0.5, 0.6) is 0 Å². The van der Waals surface area contributed by atoms with Gasteiger partial charge in [-0.3, -0.25) is 0 Å². The summed E-state index contributed by atoms with van der Waals surface area (Å²) in [5.74, 6) is 0.960. The van der Waals surface area contributed by atoms with Gasteiger partial charge in [-0.05, 0) is 26.7 Å². The quantitative estimate of drug-likeness (QED) is 0.780. The minimum absolute atomic E-state index is 0.251. The highest BCUT2D eigenvalue weighted by atomic mass is 15.1. The first-order valence-electron chi connectivity index (χ1n) is 5.25. The molecule has 0 bridgehead atoms. The largest absolute Gasteiger partial charge is 0.365 e. The van der Waals surface area contributed by atoms with E-state index in [0.717, 1.165) is 11.5 Å². The van der Waals surface area contributed by atoms with Crippen LogP contribution >= 0.6 is 0 Å². The maximum Gasteiger partial charge on any atom is 0.129 e. The molecule has 1 heterocycles. The molecule has 1 fully saturated rings. The molecule has 0 atom stereocenters. The Kier molecular flexibility index (Phi) is 2.40. The molecule has 1 saturated carbocycles. The summed E-state index contributed by atoms with van der Waals surface area (Å²) in [6.45, 7) is 4.27. The number of aromatic nitrogens is 2. The highest BCUT2D eigenvalue weighted by molar-refractivity contribution is 5.37. The van der Waals surface area contributed by atoms with E-state index in [4.69, 9.17) is 0 Å². The van der Waals surface area contributed by atoms with Crippen molar-refractivity contribution in [2.45, 2.75) is 45.1 Å². The van der Waals surface area contributed by atoms with Crippen molar-refractivity contribution in [2.75, 3.05) is 5.32 Å². The normalized spacial score (nSPS) is 19.6. The lowest BCUT2D eigenvalue weighted by Crippen LogP contribution is -2.31. The van der Waals surface area contributed by atoms with Crippen LogP contribution in [0.1, 0.15) is 38.3 Å². The fourth-order valence-corrected chi connectivity index (χ4v) is 2.11. The lowest BCUT2D eigenvalue weighted by molar-refractivity contribution is 0.530. The molecule has 3 nitrogen and oxygen atoms in total. The maximum atomic E-state index is 4.23. The van der Waals surface area contributed by atoms with Crippen LogP contribution in [0.4, 0.5) is 5.82 Å². The molecule has 0 amide bonds. The maximum absolute atomic E-state index is 4.23. The third-order valence-electron chi connectivity index (χ3n) is 2.94. The molecular weight excluding hydrogens is 174 g/mol. The number of nitrogens with zero attached hydrogens (tertiary/aromatic N) is 2. The summed E-state index contributed by atoms with van der Waals surface area (Å²) in [5, 5.41) is 3.51. The Morgan fingerprint density at radius 1 is 1.29 bits per heavy atom. The smallest absolute Gasteiger partial charge is 0.129 e. The summed E-state index contributed by atoms with van der Waals surface area (Å²) in [6.07, 6.45) is 6.77. The van der Waals surface area contributed by atoms with Gasteiger partial charge in [0.1, 0.15) is 12.1 Å². The minimum atomic E-state index is 0.251. The number of hydrogen-bond donors (Lipinski definition) is 1. The SMILES string of the molecule is Cc1cc(NC2(C)CCCC2)ncn1. The van der Waals surface area contributed by atoms with Crippen molar-refractivity contribution < 1.29 is 0 Å². The van der Waals surface area contributed by atoms with E-state index in [1.807, 2.05) is 13.0 Å². The van der Waals surface area contributed by atoms with Crippen molar-refractivity contribution in [3.8, 4) is 0 Å². The van der Waals surface area contributed by atoms with Crippen LogP contribution in [-0.4, -0.2) is 15.5 Å². The fraction of sp³-hybridized carbons (Fsp3) is 0.636. The van der Waals surface area contributed by atoms with Gasteiger partial charge in [-0.15, -0.1) is 0 Å². The Balaban J connectivity index is 2.10. The molecule has 2 rings (SSSR count). The van der Waals surface area contributed by atoms with Crippen molar-refractivity contribution in [1.29, 1.82) is 0 Å². The fourth-order valence-electron chi connectivity index (χ4n) is 2.11. The van der Waals surface area contributed by atoms with Gasteiger partial charge in [-0.25, -0.2) is 9.97 Å². The first kappa shape index (κ1) is 9.44. The lowest BCUT2D eigenvalue weighted by atomic mass is 10.0. The molecule has 0 unspecified atom stereocenters. The van der Waals surface area contributed by atoms with E-state index < -0.39 is 0 Å². The molecule has 0 saturated heterocycles. The highest BCUT2D eigenvalue weighted by Crippen LogP contribution is 2.31. The van der Waals surface area contributed by atoms with E-state index in [0.29, 0.717) is 0 Å². The van der Waals surface area contributed by atoms with Gasteiger partial charge >= 0.3 is 0 Å². The van der Waals surface area contributed by atoms with Gasteiger partial charge in [0.05, 0.1) is 0 Å². The number of nitrogens with one attached hydrogen (secondary N) is 1. The summed E-state index contributed by atoms with van der Waals surface area (Å²) < 4.78 is 0. The van der Waals surface area contributed by atoms with Crippen molar-refractivity contribution in [3.63, 3.8) is 0 Å². The average molecular weight is 191 g/mol. The Morgan fingerprint density at radius 3 is 2.64 bits per heavy atom. The predicted molar refractivity (Wildman–Crippen MR) is 57.3 cm³/mol. The minimum Gasteiger partial charge on any atom is -0.365 e. The summed E-state index contributed by atoms with van der Waals surface area (Å²) in [6, 6.07) is 2.00. The molecule has 14 heavy (non-hydrogen) atoms.